The van der Waals surface area contributed by atoms with Gasteiger partial charge in [-0.2, -0.15) is 13.9 Å². The standard InChI is InChI=1S/C27H30F3N7O2/c1-26(2,38)27(3,39)22-12-20-21(14-31-22)34-24(23(33-20)18-13-32-37(16-18)25(29)30)36-10-8-35(9-11-36)15-17-6-4-5-7-19(17)28/h4-7,12-14,16,25,38-39H,8-11,15H2,1-3H3. The number of aliphatic hydroxyl groups is 2. The number of pyridine rings is 1. The molecule has 0 amide bonds. The molecule has 1 aromatic carbocycles. The van der Waals surface area contributed by atoms with E-state index in [1.165, 1.54) is 51.5 Å². The van der Waals surface area contributed by atoms with Crippen LogP contribution in [0.1, 0.15) is 38.6 Å². The summed E-state index contributed by atoms with van der Waals surface area (Å²) in [5, 5.41) is 25.2. The number of nitrogens with zero attached hydrogens (tertiary/aromatic N) is 7. The molecule has 1 aliphatic rings. The van der Waals surface area contributed by atoms with Gasteiger partial charge in [0.15, 0.2) is 5.82 Å². The van der Waals surface area contributed by atoms with Gasteiger partial charge in [0.05, 0.1) is 29.2 Å². The first-order valence-corrected chi connectivity index (χ1v) is 12.6. The van der Waals surface area contributed by atoms with Crippen LogP contribution in [0.3, 0.4) is 0 Å². The van der Waals surface area contributed by atoms with Crippen molar-refractivity contribution in [2.75, 3.05) is 31.1 Å². The maximum atomic E-state index is 14.1. The maximum Gasteiger partial charge on any atom is 0.333 e. The van der Waals surface area contributed by atoms with Crippen LogP contribution in [0.15, 0.2) is 48.9 Å². The zero-order chi connectivity index (χ0) is 27.9. The molecule has 1 saturated heterocycles. The fraction of sp³-hybridized carbons (Fsp3) is 0.407. The summed E-state index contributed by atoms with van der Waals surface area (Å²) in [5.41, 5.74) is -0.814. The Balaban J connectivity index is 1.50. The fourth-order valence-electron chi connectivity index (χ4n) is 4.50. The van der Waals surface area contributed by atoms with Crippen molar-refractivity contribution in [2.45, 2.75) is 45.1 Å². The Morgan fingerprint density at radius 3 is 2.33 bits per heavy atom. The van der Waals surface area contributed by atoms with E-state index in [0.29, 0.717) is 71.1 Å². The molecular weight excluding hydrogens is 511 g/mol. The number of halogens is 3. The van der Waals surface area contributed by atoms with Crippen LogP contribution < -0.4 is 4.90 Å². The van der Waals surface area contributed by atoms with Gasteiger partial charge >= 0.3 is 6.55 Å². The van der Waals surface area contributed by atoms with Gasteiger partial charge in [-0.25, -0.2) is 19.0 Å². The second kappa shape index (κ2) is 10.2. The molecule has 206 valence electrons. The topological polar surface area (TPSA) is 103 Å². The first-order chi connectivity index (χ1) is 18.4. The first-order valence-electron chi connectivity index (χ1n) is 12.6. The van der Waals surface area contributed by atoms with E-state index < -0.39 is 17.8 Å². The van der Waals surface area contributed by atoms with Gasteiger partial charge in [0, 0.05) is 50.0 Å². The molecular formula is C27H30F3N7O2. The first kappa shape index (κ1) is 27.0. The van der Waals surface area contributed by atoms with Gasteiger partial charge in [0.2, 0.25) is 0 Å². The predicted octanol–water partition coefficient (Wildman–Crippen LogP) is 3.72. The molecule has 2 N–H and O–H groups in total. The van der Waals surface area contributed by atoms with Crippen molar-refractivity contribution < 1.29 is 23.4 Å². The predicted molar refractivity (Wildman–Crippen MR) is 140 cm³/mol. The van der Waals surface area contributed by atoms with Gasteiger partial charge in [-0.3, -0.25) is 9.88 Å². The molecule has 3 aromatic heterocycles. The Kier molecular flexibility index (Phi) is 7.04. The zero-order valence-electron chi connectivity index (χ0n) is 21.9. The molecule has 0 aliphatic carbocycles. The van der Waals surface area contributed by atoms with E-state index in [1.807, 2.05) is 11.0 Å². The number of aromatic nitrogens is 5. The van der Waals surface area contributed by atoms with Crippen LogP contribution in [0, 0.1) is 5.82 Å². The van der Waals surface area contributed by atoms with Crippen LogP contribution in [0.2, 0.25) is 0 Å². The van der Waals surface area contributed by atoms with Gasteiger partial charge in [0.1, 0.15) is 22.6 Å². The Hall–Kier alpha value is -3.61. The molecule has 1 aliphatic heterocycles. The third-order valence-electron chi connectivity index (χ3n) is 7.32. The molecule has 12 heteroatoms. The summed E-state index contributed by atoms with van der Waals surface area (Å²) >= 11 is 0. The Morgan fingerprint density at radius 2 is 1.69 bits per heavy atom. The molecule has 1 atom stereocenters. The van der Waals surface area contributed by atoms with E-state index in [9.17, 15) is 23.4 Å². The van der Waals surface area contributed by atoms with E-state index in [0.717, 1.165) is 0 Å². The Bertz CT molecular complexity index is 1480. The number of rotatable bonds is 7. The molecule has 0 radical (unpaired) electrons. The minimum Gasteiger partial charge on any atom is -0.387 e. The zero-order valence-corrected chi connectivity index (χ0v) is 21.9. The van der Waals surface area contributed by atoms with Gasteiger partial charge in [-0.05, 0) is 32.9 Å². The maximum absolute atomic E-state index is 14.1. The van der Waals surface area contributed by atoms with E-state index in [-0.39, 0.29) is 11.5 Å². The van der Waals surface area contributed by atoms with Gasteiger partial charge in [-0.1, -0.05) is 18.2 Å². The van der Waals surface area contributed by atoms with E-state index in [4.69, 9.17) is 9.97 Å². The van der Waals surface area contributed by atoms with Crippen molar-refractivity contribution in [3.8, 4) is 11.3 Å². The molecule has 1 unspecified atom stereocenters. The van der Waals surface area contributed by atoms with Crippen LogP contribution in [0.25, 0.3) is 22.3 Å². The molecule has 0 spiro atoms. The number of piperazine rings is 1. The number of fused-ring (bicyclic) bond motifs is 1. The van der Waals surface area contributed by atoms with Crippen LogP contribution in [0.5, 0.6) is 0 Å². The highest BCUT2D eigenvalue weighted by Crippen LogP contribution is 2.35. The van der Waals surface area contributed by atoms with Crippen LogP contribution in [0.4, 0.5) is 19.0 Å². The second-order valence-corrected chi connectivity index (χ2v) is 10.4. The van der Waals surface area contributed by atoms with Crippen molar-refractivity contribution >= 4 is 16.9 Å². The van der Waals surface area contributed by atoms with E-state index >= 15 is 0 Å². The fourth-order valence-corrected chi connectivity index (χ4v) is 4.50. The molecule has 39 heavy (non-hydrogen) atoms. The normalized spacial score (nSPS) is 16.7. The molecule has 9 nitrogen and oxygen atoms in total. The van der Waals surface area contributed by atoms with Crippen molar-refractivity contribution in [1.82, 2.24) is 29.6 Å². The lowest BCUT2D eigenvalue weighted by Gasteiger charge is -2.36. The average Bonchev–Trinajstić information content (AvgIpc) is 3.39. The summed E-state index contributed by atoms with van der Waals surface area (Å²) in [6.45, 7) is 4.46. The Morgan fingerprint density at radius 1 is 0.974 bits per heavy atom. The smallest absolute Gasteiger partial charge is 0.333 e. The monoisotopic (exact) mass is 541 g/mol. The largest absolute Gasteiger partial charge is 0.387 e. The molecule has 4 aromatic rings. The van der Waals surface area contributed by atoms with Crippen molar-refractivity contribution in [2.24, 2.45) is 0 Å². The number of benzene rings is 1. The lowest BCUT2D eigenvalue weighted by molar-refractivity contribution is -0.127. The third kappa shape index (κ3) is 5.32. The number of hydrogen-bond acceptors (Lipinski definition) is 8. The lowest BCUT2D eigenvalue weighted by atomic mass is 9.84. The average molecular weight is 542 g/mol. The van der Waals surface area contributed by atoms with Gasteiger partial charge < -0.3 is 15.1 Å². The molecule has 5 rings (SSSR count). The van der Waals surface area contributed by atoms with Crippen molar-refractivity contribution in [3.05, 3.63) is 66.0 Å². The summed E-state index contributed by atoms with van der Waals surface area (Å²) in [7, 11) is 0. The highest BCUT2D eigenvalue weighted by molar-refractivity contribution is 5.83. The van der Waals surface area contributed by atoms with Crippen molar-refractivity contribution in [1.29, 1.82) is 0 Å². The number of hydrogen-bond donors (Lipinski definition) is 2. The number of anilines is 1. The van der Waals surface area contributed by atoms with Gasteiger partial charge in [0.25, 0.3) is 0 Å². The van der Waals surface area contributed by atoms with Crippen LogP contribution in [-0.2, 0) is 12.1 Å². The molecule has 4 heterocycles. The SMILES string of the molecule is CC(C)(O)C(C)(O)c1cc2nc(-c3cnn(C(F)F)c3)c(N3CCN(Cc4ccccc4F)CC3)nc2cn1. The van der Waals surface area contributed by atoms with E-state index in [2.05, 4.69) is 15.0 Å². The highest BCUT2D eigenvalue weighted by atomic mass is 19.3. The quantitative estimate of drug-likeness (QED) is 0.365. The Labute approximate surface area is 223 Å². The van der Waals surface area contributed by atoms with Gasteiger partial charge in [-0.15, -0.1) is 0 Å². The molecule has 0 bridgehead atoms. The summed E-state index contributed by atoms with van der Waals surface area (Å²) < 4.78 is 41.3. The third-order valence-corrected chi connectivity index (χ3v) is 7.32. The second-order valence-electron chi connectivity index (χ2n) is 10.4. The lowest BCUT2D eigenvalue weighted by Crippen LogP contribution is -2.46. The summed E-state index contributed by atoms with van der Waals surface area (Å²) in [4.78, 5) is 18.0. The van der Waals surface area contributed by atoms with Crippen LogP contribution in [-0.4, -0.2) is 71.6 Å². The molecule has 1 fully saturated rings. The summed E-state index contributed by atoms with van der Waals surface area (Å²) in [5.74, 6) is 0.250. The summed E-state index contributed by atoms with van der Waals surface area (Å²) in [6, 6.07) is 8.23. The van der Waals surface area contributed by atoms with Crippen molar-refractivity contribution in [3.63, 3.8) is 0 Å². The summed E-state index contributed by atoms with van der Waals surface area (Å²) in [6.07, 6.45) is 4.00. The highest BCUT2D eigenvalue weighted by Gasteiger charge is 2.40. The van der Waals surface area contributed by atoms with E-state index in [1.54, 1.807) is 12.1 Å². The van der Waals surface area contributed by atoms with Crippen LogP contribution >= 0.6 is 0 Å². The number of alkyl halides is 2. The minimum atomic E-state index is -2.81. The molecule has 0 saturated carbocycles. The minimum absolute atomic E-state index is 0.195.